The van der Waals surface area contributed by atoms with E-state index in [1.54, 1.807) is 0 Å². The molecule has 69 heavy (non-hydrogen) atoms. The average Bonchev–Trinajstić information content (AvgIpc) is 3.35. The Bertz CT molecular complexity index is 1290. The summed E-state index contributed by atoms with van der Waals surface area (Å²) in [5.41, 5.74) is 0. The van der Waals surface area contributed by atoms with Gasteiger partial charge in [-0.15, -0.1) is 0 Å². The third-order valence-electron chi connectivity index (χ3n) is 12.7. The van der Waals surface area contributed by atoms with E-state index in [1.807, 2.05) is 0 Å². The van der Waals surface area contributed by atoms with Gasteiger partial charge in [0.25, 0.3) is 0 Å². The molecule has 0 aliphatic carbocycles. The van der Waals surface area contributed by atoms with Crippen molar-refractivity contribution in [2.24, 2.45) is 0 Å². The summed E-state index contributed by atoms with van der Waals surface area (Å²) in [4.78, 5) is 38.2. The van der Waals surface area contributed by atoms with Crippen LogP contribution in [-0.2, 0) is 28.6 Å². The lowest BCUT2D eigenvalue weighted by atomic mass is 10.0. The van der Waals surface area contributed by atoms with E-state index >= 15 is 0 Å². The van der Waals surface area contributed by atoms with Gasteiger partial charge in [-0.25, -0.2) is 0 Å². The number of hydrogen-bond donors (Lipinski definition) is 0. The number of ether oxygens (including phenoxy) is 3. The zero-order valence-electron chi connectivity index (χ0n) is 45.6. The molecule has 0 bridgehead atoms. The maximum absolute atomic E-state index is 12.9. The zero-order valence-corrected chi connectivity index (χ0v) is 45.6. The Hall–Kier alpha value is -3.15. The van der Waals surface area contributed by atoms with Crippen LogP contribution in [0, 0.1) is 0 Å². The highest BCUT2D eigenvalue weighted by molar-refractivity contribution is 5.71. The minimum Gasteiger partial charge on any atom is -0.462 e. The lowest BCUT2D eigenvalue weighted by Crippen LogP contribution is -2.30. The molecule has 0 aliphatic rings. The molecule has 0 saturated carbocycles. The molecule has 0 aromatic heterocycles. The van der Waals surface area contributed by atoms with Crippen LogP contribution in [0.1, 0.15) is 290 Å². The van der Waals surface area contributed by atoms with Crippen molar-refractivity contribution >= 4 is 17.9 Å². The first-order chi connectivity index (χ1) is 34.0. The second-order valence-corrected chi connectivity index (χ2v) is 19.5. The van der Waals surface area contributed by atoms with Gasteiger partial charge in [0.15, 0.2) is 6.10 Å². The van der Waals surface area contributed by atoms with Gasteiger partial charge in [-0.05, 0) is 89.9 Å². The van der Waals surface area contributed by atoms with Gasteiger partial charge in [-0.1, -0.05) is 254 Å². The third-order valence-corrected chi connectivity index (χ3v) is 12.7. The van der Waals surface area contributed by atoms with Crippen LogP contribution in [0.25, 0.3) is 0 Å². The largest absolute Gasteiger partial charge is 0.462 e. The number of esters is 3. The molecule has 0 rings (SSSR count). The van der Waals surface area contributed by atoms with E-state index in [1.165, 1.54) is 154 Å². The summed E-state index contributed by atoms with van der Waals surface area (Å²) in [5, 5.41) is 0. The van der Waals surface area contributed by atoms with Crippen molar-refractivity contribution in [3.63, 3.8) is 0 Å². The van der Waals surface area contributed by atoms with Crippen LogP contribution in [0.3, 0.4) is 0 Å². The molecule has 0 N–H and O–H groups in total. The van der Waals surface area contributed by atoms with Crippen LogP contribution in [0.5, 0.6) is 0 Å². The predicted molar refractivity (Wildman–Crippen MR) is 298 cm³/mol. The molecule has 0 spiro atoms. The fourth-order valence-corrected chi connectivity index (χ4v) is 8.29. The van der Waals surface area contributed by atoms with Crippen molar-refractivity contribution in [3.05, 3.63) is 72.9 Å². The van der Waals surface area contributed by atoms with Gasteiger partial charge in [0.05, 0.1) is 0 Å². The summed E-state index contributed by atoms with van der Waals surface area (Å²) in [6, 6.07) is 0. The fourth-order valence-electron chi connectivity index (χ4n) is 8.29. The molecule has 0 aromatic carbocycles. The van der Waals surface area contributed by atoms with Gasteiger partial charge in [0, 0.05) is 19.3 Å². The van der Waals surface area contributed by atoms with Crippen LogP contribution >= 0.6 is 0 Å². The minimum absolute atomic E-state index is 0.0793. The van der Waals surface area contributed by atoms with Gasteiger partial charge in [0.2, 0.25) is 0 Å². The van der Waals surface area contributed by atoms with Gasteiger partial charge in [0.1, 0.15) is 13.2 Å². The van der Waals surface area contributed by atoms with Gasteiger partial charge in [-0.3, -0.25) is 14.4 Å². The van der Waals surface area contributed by atoms with Crippen LogP contribution in [-0.4, -0.2) is 37.2 Å². The normalized spacial score (nSPS) is 12.6. The summed E-state index contributed by atoms with van der Waals surface area (Å²) >= 11 is 0. The van der Waals surface area contributed by atoms with Crippen molar-refractivity contribution in [1.29, 1.82) is 0 Å². The highest BCUT2D eigenvalue weighted by Crippen LogP contribution is 2.16. The Morgan fingerprint density at radius 1 is 0.304 bits per heavy atom. The molecule has 0 saturated heterocycles. The summed E-state index contributed by atoms with van der Waals surface area (Å²) in [7, 11) is 0. The van der Waals surface area contributed by atoms with E-state index in [9.17, 15) is 14.4 Å². The monoisotopic (exact) mass is 963 g/mol. The second kappa shape index (κ2) is 57.4. The van der Waals surface area contributed by atoms with Crippen LogP contribution in [0.2, 0.25) is 0 Å². The first kappa shape index (κ1) is 65.8. The molecule has 6 heteroatoms. The van der Waals surface area contributed by atoms with E-state index in [2.05, 4.69) is 93.7 Å². The number of rotatable bonds is 53. The topological polar surface area (TPSA) is 78.9 Å². The molecular weight excluding hydrogens is 853 g/mol. The molecule has 0 aromatic rings. The van der Waals surface area contributed by atoms with Crippen LogP contribution in [0.15, 0.2) is 72.9 Å². The zero-order chi connectivity index (χ0) is 50.0. The smallest absolute Gasteiger partial charge is 0.306 e. The fraction of sp³-hybridized carbons (Fsp3) is 0.762. The lowest BCUT2D eigenvalue weighted by molar-refractivity contribution is -0.167. The Labute approximate surface area is 427 Å². The molecule has 1 unspecified atom stereocenters. The van der Waals surface area contributed by atoms with E-state index < -0.39 is 6.10 Å². The number of unbranched alkanes of at least 4 members (excludes halogenated alkanes) is 30. The van der Waals surface area contributed by atoms with Crippen molar-refractivity contribution in [1.82, 2.24) is 0 Å². The third kappa shape index (κ3) is 55.6. The molecule has 0 heterocycles. The van der Waals surface area contributed by atoms with Crippen molar-refractivity contribution < 1.29 is 28.6 Å². The Kier molecular flexibility index (Phi) is 54.8. The summed E-state index contributed by atoms with van der Waals surface area (Å²) in [6.45, 7) is 6.51. The number of hydrogen-bond acceptors (Lipinski definition) is 6. The minimum atomic E-state index is -0.783. The maximum Gasteiger partial charge on any atom is 0.306 e. The molecule has 0 aliphatic heterocycles. The van der Waals surface area contributed by atoms with Gasteiger partial charge in [-0.2, -0.15) is 0 Å². The summed E-state index contributed by atoms with van der Waals surface area (Å²) < 4.78 is 16.9. The Balaban J connectivity index is 4.38. The first-order valence-corrected chi connectivity index (χ1v) is 29.4. The molecular formula is C63H110O6. The molecule has 0 fully saturated rings. The first-order valence-electron chi connectivity index (χ1n) is 29.4. The van der Waals surface area contributed by atoms with Crippen molar-refractivity contribution in [2.45, 2.75) is 297 Å². The SMILES string of the molecule is CC/C=C\C/C=C\C/C=C\C/C=C\CCCCCCCCC(=O)OCC(COC(=O)CCCCCCCCCCCCCCC)OC(=O)CCCCCCCCCCC/C=C\C/C=C\CCCCC. The predicted octanol–water partition coefficient (Wildman–Crippen LogP) is 19.8. The quantitative estimate of drug-likeness (QED) is 0.0262. The highest BCUT2D eigenvalue weighted by Gasteiger charge is 2.19. The summed E-state index contributed by atoms with van der Waals surface area (Å²) in [5.74, 6) is -0.887. The average molecular weight is 964 g/mol. The van der Waals surface area contributed by atoms with Gasteiger partial charge < -0.3 is 14.2 Å². The molecule has 0 radical (unpaired) electrons. The number of allylic oxidation sites excluding steroid dienone is 12. The van der Waals surface area contributed by atoms with Gasteiger partial charge >= 0.3 is 17.9 Å². The van der Waals surface area contributed by atoms with E-state index in [0.29, 0.717) is 19.3 Å². The summed E-state index contributed by atoms with van der Waals surface area (Å²) in [6.07, 6.45) is 73.1. The van der Waals surface area contributed by atoms with Crippen LogP contribution in [0.4, 0.5) is 0 Å². The lowest BCUT2D eigenvalue weighted by Gasteiger charge is -2.18. The Morgan fingerprint density at radius 3 is 0.913 bits per heavy atom. The van der Waals surface area contributed by atoms with Crippen molar-refractivity contribution in [3.8, 4) is 0 Å². The number of carbonyl (C=O) groups is 3. The molecule has 0 amide bonds. The molecule has 6 nitrogen and oxygen atoms in total. The molecule has 398 valence electrons. The van der Waals surface area contributed by atoms with E-state index in [0.717, 1.165) is 96.3 Å². The van der Waals surface area contributed by atoms with E-state index in [-0.39, 0.29) is 31.1 Å². The Morgan fingerprint density at radius 2 is 0.565 bits per heavy atom. The second-order valence-electron chi connectivity index (χ2n) is 19.5. The molecule has 1 atom stereocenters. The van der Waals surface area contributed by atoms with Crippen molar-refractivity contribution in [2.75, 3.05) is 13.2 Å². The number of carbonyl (C=O) groups excluding carboxylic acids is 3. The highest BCUT2D eigenvalue weighted by atomic mass is 16.6. The van der Waals surface area contributed by atoms with Crippen LogP contribution < -0.4 is 0 Å². The maximum atomic E-state index is 12.9. The van der Waals surface area contributed by atoms with E-state index in [4.69, 9.17) is 14.2 Å². The standard InChI is InChI=1S/C63H110O6/c1-4-7-10-13-16-19-22-25-27-29-31-33-35-38-41-44-47-50-53-56-62(65)68-59-60(58-67-61(64)55-52-49-46-43-40-37-24-21-18-15-12-9-6-3)69-63(66)57-54-51-48-45-42-39-36-34-32-30-28-26-23-20-17-14-11-8-5-2/h7,10,16-17,19-20,25-28,31,33,60H,4-6,8-9,11-15,18,21-24,29-30,32,34-59H2,1-3H3/b10-7-,19-16-,20-17-,27-25-,28-26-,33-31-.